The van der Waals surface area contributed by atoms with E-state index in [0.29, 0.717) is 6.61 Å². The van der Waals surface area contributed by atoms with Crippen molar-refractivity contribution in [2.45, 2.75) is 19.9 Å². The van der Waals surface area contributed by atoms with Crippen molar-refractivity contribution in [3.63, 3.8) is 0 Å². The van der Waals surface area contributed by atoms with Crippen LogP contribution in [0, 0.1) is 0 Å². The summed E-state index contributed by atoms with van der Waals surface area (Å²) in [5.74, 6) is 0.921. The van der Waals surface area contributed by atoms with E-state index < -0.39 is 0 Å². The van der Waals surface area contributed by atoms with Crippen LogP contribution in [0.3, 0.4) is 0 Å². The normalized spacial score (nSPS) is 23.4. The lowest BCUT2D eigenvalue weighted by atomic mass is 10.2. The van der Waals surface area contributed by atoms with Gasteiger partial charge in [-0.15, -0.1) is 0 Å². The number of benzene rings is 1. The third-order valence-electron chi connectivity index (χ3n) is 4.18. The highest BCUT2D eigenvalue weighted by atomic mass is 16.5. The highest BCUT2D eigenvalue weighted by Gasteiger charge is 2.29. The van der Waals surface area contributed by atoms with E-state index in [4.69, 9.17) is 4.74 Å². The molecule has 1 amide bonds. The molecule has 5 nitrogen and oxygen atoms in total. The molecule has 1 aliphatic heterocycles. The molecule has 0 spiro atoms. The van der Waals surface area contributed by atoms with Gasteiger partial charge in [-0.25, -0.2) is 0 Å². The average Bonchev–Trinajstić information content (AvgIpc) is 2.49. The molecule has 0 bridgehead atoms. The van der Waals surface area contributed by atoms with Gasteiger partial charge >= 0.3 is 0 Å². The van der Waals surface area contributed by atoms with E-state index in [1.807, 2.05) is 38.1 Å². The molecule has 0 aliphatic carbocycles. The Kier molecular flexibility index (Phi) is 5.59. The summed E-state index contributed by atoms with van der Waals surface area (Å²) in [5, 5.41) is 3.00. The number of piperazine rings is 1. The van der Waals surface area contributed by atoms with Crippen LogP contribution in [0.15, 0.2) is 24.3 Å². The Labute approximate surface area is 126 Å². The van der Waals surface area contributed by atoms with Crippen molar-refractivity contribution < 1.29 is 19.3 Å². The zero-order chi connectivity index (χ0) is 15.2. The minimum Gasteiger partial charge on any atom is -0.494 e. The Morgan fingerprint density at radius 2 is 1.86 bits per heavy atom. The monoisotopic (exact) mass is 293 g/mol. The largest absolute Gasteiger partial charge is 0.494 e. The van der Waals surface area contributed by atoms with E-state index >= 15 is 0 Å². The Hall–Kier alpha value is -1.59. The van der Waals surface area contributed by atoms with Crippen molar-refractivity contribution in [2.24, 2.45) is 0 Å². The number of rotatable bonds is 5. The summed E-state index contributed by atoms with van der Waals surface area (Å²) in [7, 11) is 2.21. The summed E-state index contributed by atoms with van der Waals surface area (Å²) >= 11 is 0. The summed E-state index contributed by atoms with van der Waals surface area (Å²) in [6, 6.07) is 7.54. The molecule has 21 heavy (non-hydrogen) atoms. The molecule has 1 fully saturated rings. The molecule has 0 aromatic heterocycles. The van der Waals surface area contributed by atoms with Crippen molar-refractivity contribution in [2.75, 3.05) is 45.2 Å². The molecule has 116 valence electrons. The number of carbonyl (C=O) groups is 1. The molecule has 1 atom stereocenters. The molecule has 3 N–H and O–H groups in total. The number of likely N-dealkylation sites (N-methyl/N-ethyl adjacent to an activating group) is 1. The van der Waals surface area contributed by atoms with Crippen LogP contribution in [0.25, 0.3) is 0 Å². The minimum absolute atomic E-state index is 0.00957. The Bertz CT molecular complexity index is 453. The maximum atomic E-state index is 12.3. The van der Waals surface area contributed by atoms with Crippen LogP contribution in [0.2, 0.25) is 0 Å². The first-order valence-corrected chi connectivity index (χ1v) is 7.79. The highest BCUT2D eigenvalue weighted by Crippen LogP contribution is 2.15. The quantitative estimate of drug-likeness (QED) is 0.640. The SMILES string of the molecule is CCOc1ccc(NC(=O)[C@H](C)[NH+]2CC[NH+](C)CC2)cc1. The number of nitrogens with one attached hydrogen (secondary N) is 3. The second-order valence-electron chi connectivity index (χ2n) is 5.78. The van der Waals surface area contributed by atoms with Gasteiger partial charge in [0, 0.05) is 5.69 Å². The summed E-state index contributed by atoms with van der Waals surface area (Å²) in [6.45, 7) is 9.01. The summed E-state index contributed by atoms with van der Waals surface area (Å²) in [4.78, 5) is 15.3. The lowest BCUT2D eigenvalue weighted by molar-refractivity contribution is -1.01. The number of amides is 1. The number of hydrogen-bond donors (Lipinski definition) is 3. The van der Waals surface area contributed by atoms with E-state index in [1.165, 1.54) is 4.90 Å². The predicted molar refractivity (Wildman–Crippen MR) is 83.0 cm³/mol. The van der Waals surface area contributed by atoms with Gasteiger partial charge < -0.3 is 19.9 Å². The fourth-order valence-electron chi connectivity index (χ4n) is 2.67. The smallest absolute Gasteiger partial charge is 0.282 e. The van der Waals surface area contributed by atoms with Gasteiger partial charge in [-0.1, -0.05) is 0 Å². The molecule has 0 saturated carbocycles. The lowest BCUT2D eigenvalue weighted by Gasteiger charge is -2.30. The van der Waals surface area contributed by atoms with Gasteiger partial charge in [0.1, 0.15) is 31.9 Å². The van der Waals surface area contributed by atoms with Gasteiger partial charge in [-0.3, -0.25) is 4.79 Å². The topological polar surface area (TPSA) is 47.2 Å². The van der Waals surface area contributed by atoms with Crippen molar-refractivity contribution in [3.05, 3.63) is 24.3 Å². The predicted octanol–water partition coefficient (Wildman–Crippen LogP) is -1.17. The highest BCUT2D eigenvalue weighted by molar-refractivity contribution is 5.93. The third-order valence-corrected chi connectivity index (χ3v) is 4.18. The minimum atomic E-state index is -0.00957. The van der Waals surface area contributed by atoms with Crippen molar-refractivity contribution in [1.82, 2.24) is 0 Å². The van der Waals surface area contributed by atoms with Crippen molar-refractivity contribution in [1.29, 1.82) is 0 Å². The van der Waals surface area contributed by atoms with Gasteiger partial charge in [0.2, 0.25) is 0 Å². The Morgan fingerprint density at radius 1 is 1.24 bits per heavy atom. The molecule has 0 unspecified atom stereocenters. The fourth-order valence-corrected chi connectivity index (χ4v) is 2.67. The summed E-state index contributed by atoms with van der Waals surface area (Å²) < 4.78 is 5.40. The Balaban J connectivity index is 1.88. The van der Waals surface area contributed by atoms with Crippen molar-refractivity contribution in [3.8, 4) is 5.75 Å². The second kappa shape index (κ2) is 7.43. The number of quaternary nitrogens is 2. The molecule has 1 aromatic rings. The van der Waals surface area contributed by atoms with Gasteiger partial charge in [-0.2, -0.15) is 0 Å². The van der Waals surface area contributed by atoms with Crippen LogP contribution in [0.5, 0.6) is 5.75 Å². The van der Waals surface area contributed by atoms with E-state index in [9.17, 15) is 4.79 Å². The first-order chi connectivity index (χ1) is 10.1. The van der Waals surface area contributed by atoms with Gasteiger partial charge in [-0.05, 0) is 38.1 Å². The van der Waals surface area contributed by atoms with Crippen LogP contribution >= 0.6 is 0 Å². The second-order valence-corrected chi connectivity index (χ2v) is 5.78. The molecule has 1 heterocycles. The zero-order valence-corrected chi connectivity index (χ0v) is 13.2. The van der Waals surface area contributed by atoms with Crippen LogP contribution < -0.4 is 19.9 Å². The maximum absolute atomic E-state index is 12.3. The lowest BCUT2D eigenvalue weighted by Crippen LogP contribution is -3.29. The fraction of sp³-hybridized carbons (Fsp3) is 0.562. The van der Waals surface area contributed by atoms with Gasteiger partial charge in [0.05, 0.1) is 13.7 Å². The van der Waals surface area contributed by atoms with E-state index in [1.54, 1.807) is 4.90 Å². The summed E-state index contributed by atoms with van der Waals surface area (Å²) in [6.07, 6.45) is 0. The third kappa shape index (κ3) is 4.44. The average molecular weight is 293 g/mol. The summed E-state index contributed by atoms with van der Waals surface area (Å²) in [5.41, 5.74) is 0.828. The molecule has 1 aliphatic rings. The molecule has 5 heteroatoms. The van der Waals surface area contributed by atoms with Crippen LogP contribution in [-0.2, 0) is 4.79 Å². The standard InChI is InChI=1S/C16H25N3O2/c1-4-21-15-7-5-14(6-8-15)17-16(20)13(2)19-11-9-18(3)10-12-19/h5-8,13H,4,9-12H2,1-3H3,(H,17,20)/p+2/t13-/m0/s1. The number of hydrogen-bond acceptors (Lipinski definition) is 2. The van der Waals surface area contributed by atoms with E-state index in [-0.39, 0.29) is 11.9 Å². The first kappa shape index (κ1) is 15.8. The van der Waals surface area contributed by atoms with Gasteiger partial charge in [0.25, 0.3) is 5.91 Å². The van der Waals surface area contributed by atoms with Crippen LogP contribution in [-0.4, -0.2) is 51.8 Å². The molecular weight excluding hydrogens is 266 g/mol. The van der Waals surface area contributed by atoms with E-state index in [2.05, 4.69) is 12.4 Å². The number of anilines is 1. The molecule has 0 radical (unpaired) electrons. The zero-order valence-electron chi connectivity index (χ0n) is 13.2. The molecular formula is C16H27N3O2+2. The van der Waals surface area contributed by atoms with Gasteiger partial charge in [0.15, 0.2) is 6.04 Å². The van der Waals surface area contributed by atoms with Crippen LogP contribution in [0.4, 0.5) is 5.69 Å². The molecule has 1 saturated heterocycles. The Morgan fingerprint density at radius 3 is 2.43 bits per heavy atom. The van der Waals surface area contributed by atoms with Crippen molar-refractivity contribution >= 4 is 11.6 Å². The maximum Gasteiger partial charge on any atom is 0.282 e. The molecule has 2 rings (SSSR count). The number of ether oxygens (including phenoxy) is 1. The first-order valence-electron chi connectivity index (χ1n) is 7.79. The number of carbonyl (C=O) groups excluding carboxylic acids is 1. The van der Waals surface area contributed by atoms with Crippen LogP contribution in [0.1, 0.15) is 13.8 Å². The molecule has 1 aromatic carbocycles. The van der Waals surface area contributed by atoms with E-state index in [0.717, 1.165) is 37.6 Å².